The SMILES string of the molecule is COc1ccc(Nc2cc(C(=O)NCCc3ccc(F)cc3)ccn2)c(OC)c1. The Bertz CT molecular complexity index is 977. The first-order valence-electron chi connectivity index (χ1n) is 9.07. The summed E-state index contributed by atoms with van der Waals surface area (Å²) in [4.78, 5) is 16.7. The summed E-state index contributed by atoms with van der Waals surface area (Å²) in [7, 11) is 3.15. The lowest BCUT2D eigenvalue weighted by molar-refractivity contribution is 0.0954. The van der Waals surface area contributed by atoms with Gasteiger partial charge < -0.3 is 20.1 Å². The van der Waals surface area contributed by atoms with Crippen LogP contribution >= 0.6 is 0 Å². The summed E-state index contributed by atoms with van der Waals surface area (Å²) in [6, 6.07) is 14.9. The Hall–Kier alpha value is -3.61. The second-order valence-electron chi connectivity index (χ2n) is 6.25. The van der Waals surface area contributed by atoms with Crippen LogP contribution in [0.2, 0.25) is 0 Å². The maximum Gasteiger partial charge on any atom is 0.251 e. The molecule has 6 nitrogen and oxygen atoms in total. The first kappa shape index (κ1) is 20.1. The molecule has 0 saturated carbocycles. The number of hydrogen-bond acceptors (Lipinski definition) is 5. The highest BCUT2D eigenvalue weighted by Crippen LogP contribution is 2.31. The van der Waals surface area contributed by atoms with Crippen molar-refractivity contribution in [1.29, 1.82) is 0 Å². The third-order valence-corrected chi connectivity index (χ3v) is 4.31. The van der Waals surface area contributed by atoms with Crippen LogP contribution in [0.15, 0.2) is 60.8 Å². The lowest BCUT2D eigenvalue weighted by Gasteiger charge is -2.12. The minimum Gasteiger partial charge on any atom is -0.497 e. The monoisotopic (exact) mass is 395 g/mol. The normalized spacial score (nSPS) is 10.3. The number of carbonyl (C=O) groups excluding carboxylic acids is 1. The number of nitrogens with zero attached hydrogens (tertiary/aromatic N) is 1. The number of benzene rings is 2. The van der Waals surface area contributed by atoms with Crippen LogP contribution < -0.4 is 20.1 Å². The van der Waals surface area contributed by atoms with Crippen LogP contribution in [0.1, 0.15) is 15.9 Å². The third-order valence-electron chi connectivity index (χ3n) is 4.31. The third kappa shape index (κ3) is 5.44. The molecule has 0 aliphatic heterocycles. The van der Waals surface area contributed by atoms with E-state index < -0.39 is 0 Å². The Morgan fingerprint density at radius 2 is 1.83 bits per heavy atom. The van der Waals surface area contributed by atoms with Gasteiger partial charge in [-0.15, -0.1) is 0 Å². The average Bonchev–Trinajstić information content (AvgIpc) is 2.75. The van der Waals surface area contributed by atoms with E-state index in [9.17, 15) is 9.18 Å². The van der Waals surface area contributed by atoms with Gasteiger partial charge in [0.15, 0.2) is 0 Å². The molecule has 2 aromatic carbocycles. The molecule has 2 N–H and O–H groups in total. The molecule has 0 radical (unpaired) electrons. The molecule has 29 heavy (non-hydrogen) atoms. The molecule has 0 bridgehead atoms. The Morgan fingerprint density at radius 1 is 1.03 bits per heavy atom. The van der Waals surface area contributed by atoms with E-state index in [-0.39, 0.29) is 11.7 Å². The highest BCUT2D eigenvalue weighted by molar-refractivity contribution is 5.95. The summed E-state index contributed by atoms with van der Waals surface area (Å²) in [6.07, 6.45) is 2.18. The van der Waals surface area contributed by atoms with E-state index >= 15 is 0 Å². The summed E-state index contributed by atoms with van der Waals surface area (Å²) in [5, 5.41) is 6.01. The van der Waals surface area contributed by atoms with Crippen LogP contribution in [0.25, 0.3) is 0 Å². The zero-order chi connectivity index (χ0) is 20.6. The van der Waals surface area contributed by atoms with Gasteiger partial charge in [0.1, 0.15) is 23.1 Å². The van der Waals surface area contributed by atoms with Crippen LogP contribution in [-0.4, -0.2) is 31.7 Å². The lowest BCUT2D eigenvalue weighted by atomic mass is 10.1. The van der Waals surface area contributed by atoms with Crippen molar-refractivity contribution in [2.45, 2.75) is 6.42 Å². The number of carbonyl (C=O) groups is 1. The Balaban J connectivity index is 1.63. The molecule has 0 saturated heterocycles. The van der Waals surface area contributed by atoms with Crippen LogP contribution in [0, 0.1) is 5.82 Å². The fraction of sp³-hybridized carbons (Fsp3) is 0.182. The summed E-state index contributed by atoms with van der Waals surface area (Å²) >= 11 is 0. The Labute approximate surface area is 168 Å². The highest BCUT2D eigenvalue weighted by Gasteiger charge is 2.09. The van der Waals surface area contributed by atoms with Gasteiger partial charge in [0.2, 0.25) is 0 Å². The van der Waals surface area contributed by atoms with E-state index in [1.807, 2.05) is 6.07 Å². The lowest BCUT2D eigenvalue weighted by Crippen LogP contribution is -2.25. The van der Waals surface area contributed by atoms with Crippen LogP contribution in [-0.2, 0) is 6.42 Å². The second kappa shape index (κ2) is 9.54. The second-order valence-corrected chi connectivity index (χ2v) is 6.25. The van der Waals surface area contributed by atoms with Gasteiger partial charge in [-0.2, -0.15) is 0 Å². The molecule has 1 amide bonds. The predicted molar refractivity (Wildman–Crippen MR) is 110 cm³/mol. The molecule has 1 aromatic heterocycles. The van der Waals surface area contributed by atoms with Gasteiger partial charge in [0, 0.05) is 24.4 Å². The number of hydrogen-bond donors (Lipinski definition) is 2. The fourth-order valence-electron chi connectivity index (χ4n) is 2.75. The maximum absolute atomic E-state index is 12.9. The van der Waals surface area contributed by atoms with E-state index in [4.69, 9.17) is 9.47 Å². The largest absolute Gasteiger partial charge is 0.497 e. The van der Waals surface area contributed by atoms with Crippen molar-refractivity contribution in [3.63, 3.8) is 0 Å². The van der Waals surface area contributed by atoms with E-state index in [2.05, 4.69) is 15.6 Å². The molecule has 1 heterocycles. The molecule has 0 unspecified atom stereocenters. The van der Waals surface area contributed by atoms with Crippen molar-refractivity contribution in [2.75, 3.05) is 26.1 Å². The molecule has 0 aliphatic carbocycles. The molecular formula is C22H22FN3O3. The van der Waals surface area contributed by atoms with Gasteiger partial charge >= 0.3 is 0 Å². The highest BCUT2D eigenvalue weighted by atomic mass is 19.1. The van der Waals surface area contributed by atoms with Gasteiger partial charge in [-0.3, -0.25) is 4.79 Å². The summed E-state index contributed by atoms with van der Waals surface area (Å²) in [6.45, 7) is 0.446. The first-order chi connectivity index (χ1) is 14.1. The van der Waals surface area contributed by atoms with Crippen LogP contribution in [0.4, 0.5) is 15.9 Å². The topological polar surface area (TPSA) is 72.5 Å². The molecule has 0 spiro atoms. The van der Waals surface area contributed by atoms with E-state index in [0.717, 1.165) is 5.56 Å². The van der Waals surface area contributed by atoms with Crippen molar-refractivity contribution in [3.8, 4) is 11.5 Å². The van der Waals surface area contributed by atoms with E-state index in [1.54, 1.807) is 56.8 Å². The van der Waals surface area contributed by atoms with Crippen LogP contribution in [0.5, 0.6) is 11.5 Å². The van der Waals surface area contributed by atoms with Gasteiger partial charge in [0.25, 0.3) is 5.91 Å². The van der Waals surface area contributed by atoms with Crippen molar-refractivity contribution in [1.82, 2.24) is 10.3 Å². The van der Waals surface area contributed by atoms with Gasteiger partial charge in [-0.25, -0.2) is 9.37 Å². The molecule has 3 aromatic rings. The molecule has 0 aliphatic rings. The number of amides is 1. The molecular weight excluding hydrogens is 373 g/mol. The number of methoxy groups -OCH3 is 2. The number of anilines is 2. The smallest absolute Gasteiger partial charge is 0.251 e. The van der Waals surface area contributed by atoms with Crippen LogP contribution in [0.3, 0.4) is 0 Å². The van der Waals surface area contributed by atoms with Crippen molar-refractivity contribution in [2.24, 2.45) is 0 Å². The Kier molecular flexibility index (Phi) is 6.63. The number of rotatable bonds is 8. The number of pyridine rings is 1. The zero-order valence-electron chi connectivity index (χ0n) is 16.2. The minimum absolute atomic E-state index is 0.209. The zero-order valence-corrected chi connectivity index (χ0v) is 16.2. The number of halogens is 1. The number of nitrogens with one attached hydrogen (secondary N) is 2. The molecule has 7 heteroatoms. The van der Waals surface area contributed by atoms with E-state index in [0.29, 0.717) is 41.5 Å². The average molecular weight is 395 g/mol. The molecule has 3 rings (SSSR count). The first-order valence-corrected chi connectivity index (χ1v) is 9.07. The predicted octanol–water partition coefficient (Wildman–Crippen LogP) is 3.95. The minimum atomic E-state index is -0.275. The molecule has 0 fully saturated rings. The Morgan fingerprint density at radius 3 is 2.55 bits per heavy atom. The quantitative estimate of drug-likeness (QED) is 0.604. The summed E-state index contributed by atoms with van der Waals surface area (Å²) in [5.74, 6) is 1.30. The fourth-order valence-corrected chi connectivity index (χ4v) is 2.75. The maximum atomic E-state index is 12.9. The number of aromatic nitrogens is 1. The van der Waals surface area contributed by atoms with Gasteiger partial charge in [-0.1, -0.05) is 12.1 Å². The van der Waals surface area contributed by atoms with Gasteiger partial charge in [-0.05, 0) is 48.4 Å². The standard InChI is InChI=1S/C22H22FN3O3/c1-28-18-7-8-19(20(14-18)29-2)26-21-13-16(10-12-24-21)22(27)25-11-9-15-3-5-17(23)6-4-15/h3-8,10,12-14H,9,11H2,1-2H3,(H,24,26)(H,25,27). The van der Waals surface area contributed by atoms with Crippen molar-refractivity contribution < 1.29 is 18.7 Å². The van der Waals surface area contributed by atoms with Gasteiger partial charge in [0.05, 0.1) is 19.9 Å². The molecule has 0 atom stereocenters. The van der Waals surface area contributed by atoms with E-state index in [1.165, 1.54) is 12.1 Å². The van der Waals surface area contributed by atoms with Crippen molar-refractivity contribution in [3.05, 3.63) is 77.7 Å². The molecule has 150 valence electrons. The number of ether oxygens (including phenoxy) is 2. The van der Waals surface area contributed by atoms with Crippen molar-refractivity contribution >= 4 is 17.4 Å². The summed E-state index contributed by atoms with van der Waals surface area (Å²) in [5.41, 5.74) is 2.14. The summed E-state index contributed by atoms with van der Waals surface area (Å²) < 4.78 is 23.5.